The van der Waals surface area contributed by atoms with E-state index < -0.39 is 0 Å². The number of hydrogen-bond donors (Lipinski definition) is 1. The molecular formula is C9H18N2O2. The van der Waals surface area contributed by atoms with Crippen molar-refractivity contribution in [2.75, 3.05) is 33.3 Å². The molecule has 76 valence electrons. The van der Waals surface area contributed by atoms with Crippen molar-refractivity contribution in [3.8, 4) is 0 Å². The summed E-state index contributed by atoms with van der Waals surface area (Å²) >= 11 is 0. The first kappa shape index (κ1) is 10.5. The molecule has 1 heterocycles. The quantitative estimate of drug-likeness (QED) is 0.666. The number of amides is 1. The summed E-state index contributed by atoms with van der Waals surface area (Å²) in [6.45, 7) is 5.05. The van der Waals surface area contributed by atoms with Gasteiger partial charge in [0, 0.05) is 19.6 Å². The van der Waals surface area contributed by atoms with Crippen LogP contribution < -0.4 is 5.32 Å². The van der Waals surface area contributed by atoms with E-state index in [-0.39, 0.29) is 12.0 Å². The Kier molecular flexibility index (Phi) is 4.18. The van der Waals surface area contributed by atoms with Crippen LogP contribution in [0.15, 0.2) is 0 Å². The fourth-order valence-electron chi connectivity index (χ4n) is 1.30. The third-order valence-electron chi connectivity index (χ3n) is 2.11. The summed E-state index contributed by atoms with van der Waals surface area (Å²) < 4.78 is 5.35. The van der Waals surface area contributed by atoms with E-state index in [1.807, 2.05) is 14.0 Å². The molecule has 0 spiro atoms. The predicted molar refractivity (Wildman–Crippen MR) is 50.5 cm³/mol. The van der Waals surface area contributed by atoms with Gasteiger partial charge in [-0.05, 0) is 13.5 Å². The average Bonchev–Trinajstić information content (AvgIpc) is 2.14. The Morgan fingerprint density at radius 2 is 2.46 bits per heavy atom. The summed E-state index contributed by atoms with van der Waals surface area (Å²) in [7, 11) is 2.00. The molecule has 0 bridgehead atoms. The first-order valence-corrected chi connectivity index (χ1v) is 4.82. The molecule has 1 saturated heterocycles. The maximum absolute atomic E-state index is 11.4. The zero-order valence-electron chi connectivity index (χ0n) is 8.38. The minimum Gasteiger partial charge on any atom is -0.366 e. The molecule has 0 saturated carbocycles. The van der Waals surface area contributed by atoms with Crippen LogP contribution in [-0.2, 0) is 9.53 Å². The van der Waals surface area contributed by atoms with Crippen molar-refractivity contribution >= 4 is 5.91 Å². The summed E-state index contributed by atoms with van der Waals surface area (Å²) in [5.41, 5.74) is 0. The summed E-state index contributed by atoms with van der Waals surface area (Å²) in [6.07, 6.45) is 0.694. The number of rotatable bonds is 3. The molecule has 1 atom stereocenters. The Morgan fingerprint density at radius 3 is 3.08 bits per heavy atom. The van der Waals surface area contributed by atoms with Gasteiger partial charge in [0.25, 0.3) is 0 Å². The number of carbonyl (C=O) groups is 1. The van der Waals surface area contributed by atoms with E-state index in [0.717, 1.165) is 19.5 Å². The van der Waals surface area contributed by atoms with Crippen LogP contribution in [0.4, 0.5) is 0 Å². The van der Waals surface area contributed by atoms with Gasteiger partial charge in [-0.15, -0.1) is 0 Å². The van der Waals surface area contributed by atoms with Gasteiger partial charge in [0.05, 0.1) is 6.61 Å². The summed E-state index contributed by atoms with van der Waals surface area (Å²) in [5.74, 6) is 0.0217. The zero-order chi connectivity index (χ0) is 9.68. The molecule has 0 aromatic heterocycles. The van der Waals surface area contributed by atoms with Crippen molar-refractivity contribution in [1.29, 1.82) is 0 Å². The van der Waals surface area contributed by atoms with Crippen LogP contribution in [0.2, 0.25) is 0 Å². The highest BCUT2D eigenvalue weighted by Gasteiger charge is 2.23. The molecule has 0 aromatic carbocycles. The van der Waals surface area contributed by atoms with Crippen LogP contribution in [0.25, 0.3) is 0 Å². The average molecular weight is 186 g/mol. The first-order chi connectivity index (χ1) is 6.24. The van der Waals surface area contributed by atoms with Gasteiger partial charge in [0.2, 0.25) is 5.91 Å². The summed E-state index contributed by atoms with van der Waals surface area (Å²) in [6, 6.07) is 0. The van der Waals surface area contributed by atoms with Gasteiger partial charge in [0.1, 0.15) is 6.10 Å². The molecule has 4 nitrogen and oxygen atoms in total. The fraction of sp³-hybridized carbons (Fsp3) is 0.889. The Hall–Kier alpha value is -0.610. The maximum atomic E-state index is 11.4. The topological polar surface area (TPSA) is 41.6 Å². The van der Waals surface area contributed by atoms with Crippen LogP contribution >= 0.6 is 0 Å². The van der Waals surface area contributed by atoms with Crippen LogP contribution in [-0.4, -0.2) is 50.2 Å². The smallest absolute Gasteiger partial charge is 0.250 e. The lowest BCUT2D eigenvalue weighted by Crippen LogP contribution is -2.48. The summed E-state index contributed by atoms with van der Waals surface area (Å²) in [4.78, 5) is 13.6. The number of ether oxygens (including phenoxy) is 1. The van der Waals surface area contributed by atoms with Crippen LogP contribution in [0.5, 0.6) is 0 Å². The zero-order valence-corrected chi connectivity index (χ0v) is 8.38. The normalized spacial score (nSPS) is 24.3. The molecule has 1 N–H and O–H groups in total. The number of likely N-dealkylation sites (N-methyl/N-ethyl adjacent to an activating group) is 1. The second-order valence-corrected chi connectivity index (χ2v) is 3.41. The molecule has 1 aliphatic heterocycles. The standard InChI is InChI=1S/C9H18N2O2/c1-3-4-10-9(12)8-7-11(2)5-6-13-8/h8H,3-7H2,1-2H3,(H,10,12). The molecule has 0 radical (unpaired) electrons. The van der Waals surface area contributed by atoms with E-state index in [1.165, 1.54) is 0 Å². The Bertz CT molecular complexity index is 173. The van der Waals surface area contributed by atoms with E-state index in [9.17, 15) is 4.79 Å². The van der Waals surface area contributed by atoms with Crippen LogP contribution in [0.1, 0.15) is 13.3 Å². The molecule has 1 rings (SSSR count). The molecule has 0 aromatic rings. The Labute approximate surface area is 79.2 Å². The monoisotopic (exact) mass is 186 g/mol. The number of carbonyl (C=O) groups excluding carboxylic acids is 1. The van der Waals surface area contributed by atoms with Crippen LogP contribution in [0, 0.1) is 0 Å². The predicted octanol–water partition coefficient (Wildman–Crippen LogP) is -0.157. The van der Waals surface area contributed by atoms with Gasteiger partial charge < -0.3 is 15.0 Å². The number of nitrogens with one attached hydrogen (secondary N) is 1. The maximum Gasteiger partial charge on any atom is 0.250 e. The molecule has 1 amide bonds. The first-order valence-electron chi connectivity index (χ1n) is 4.82. The molecule has 4 heteroatoms. The molecule has 0 aliphatic carbocycles. The van der Waals surface area contributed by atoms with Gasteiger partial charge in [-0.1, -0.05) is 6.92 Å². The molecular weight excluding hydrogens is 168 g/mol. The highest BCUT2D eigenvalue weighted by molar-refractivity contribution is 5.81. The third kappa shape index (κ3) is 3.32. The third-order valence-corrected chi connectivity index (χ3v) is 2.11. The van der Waals surface area contributed by atoms with Crippen molar-refractivity contribution in [3.63, 3.8) is 0 Å². The SMILES string of the molecule is CCCNC(=O)C1CN(C)CCO1. The van der Waals surface area contributed by atoms with Crippen molar-refractivity contribution < 1.29 is 9.53 Å². The lowest BCUT2D eigenvalue weighted by molar-refractivity contribution is -0.137. The minimum atomic E-state index is -0.273. The van der Waals surface area contributed by atoms with Crippen molar-refractivity contribution in [1.82, 2.24) is 10.2 Å². The van der Waals surface area contributed by atoms with E-state index in [0.29, 0.717) is 13.2 Å². The van der Waals surface area contributed by atoms with Gasteiger partial charge in [0.15, 0.2) is 0 Å². The lowest BCUT2D eigenvalue weighted by Gasteiger charge is -2.28. The minimum absolute atomic E-state index is 0.0217. The number of hydrogen-bond acceptors (Lipinski definition) is 3. The van der Waals surface area contributed by atoms with Crippen molar-refractivity contribution in [2.24, 2.45) is 0 Å². The highest BCUT2D eigenvalue weighted by Crippen LogP contribution is 2.02. The van der Waals surface area contributed by atoms with E-state index in [1.54, 1.807) is 0 Å². The molecule has 1 aliphatic rings. The van der Waals surface area contributed by atoms with Crippen molar-refractivity contribution in [3.05, 3.63) is 0 Å². The highest BCUT2D eigenvalue weighted by atomic mass is 16.5. The number of morpholine rings is 1. The molecule has 1 fully saturated rings. The molecule has 13 heavy (non-hydrogen) atoms. The fourth-order valence-corrected chi connectivity index (χ4v) is 1.30. The van der Waals surface area contributed by atoms with Crippen LogP contribution in [0.3, 0.4) is 0 Å². The van der Waals surface area contributed by atoms with E-state index in [4.69, 9.17) is 4.74 Å². The second-order valence-electron chi connectivity index (χ2n) is 3.41. The summed E-state index contributed by atoms with van der Waals surface area (Å²) in [5, 5.41) is 2.83. The number of nitrogens with zero attached hydrogens (tertiary/aromatic N) is 1. The van der Waals surface area contributed by atoms with Crippen molar-refractivity contribution in [2.45, 2.75) is 19.4 Å². The lowest BCUT2D eigenvalue weighted by atomic mass is 10.2. The van der Waals surface area contributed by atoms with Gasteiger partial charge >= 0.3 is 0 Å². The van der Waals surface area contributed by atoms with E-state index >= 15 is 0 Å². The van der Waals surface area contributed by atoms with E-state index in [2.05, 4.69) is 10.2 Å². The van der Waals surface area contributed by atoms with Gasteiger partial charge in [-0.3, -0.25) is 4.79 Å². The Balaban J connectivity index is 2.28. The Morgan fingerprint density at radius 1 is 1.69 bits per heavy atom. The van der Waals surface area contributed by atoms with Gasteiger partial charge in [-0.25, -0.2) is 0 Å². The molecule has 1 unspecified atom stereocenters. The van der Waals surface area contributed by atoms with Gasteiger partial charge in [-0.2, -0.15) is 0 Å². The largest absolute Gasteiger partial charge is 0.366 e. The second kappa shape index (κ2) is 5.19.